The lowest BCUT2D eigenvalue weighted by Crippen LogP contribution is -2.35. The van der Waals surface area contributed by atoms with Gasteiger partial charge in [-0.3, -0.25) is 14.3 Å². The fraction of sp³-hybridized carbons (Fsp3) is 0.200. The maximum absolute atomic E-state index is 12.3. The van der Waals surface area contributed by atoms with Gasteiger partial charge >= 0.3 is 11.8 Å². The maximum Gasteiger partial charge on any atom is 0.313 e. The molecule has 144 valence electrons. The first kappa shape index (κ1) is 19.1. The van der Waals surface area contributed by atoms with E-state index in [1.54, 1.807) is 42.3 Å². The molecule has 0 fully saturated rings. The summed E-state index contributed by atoms with van der Waals surface area (Å²) < 4.78 is 7.49. The number of benzene rings is 1. The summed E-state index contributed by atoms with van der Waals surface area (Å²) in [5, 5.41) is 9.12. The topological polar surface area (TPSA) is 98.1 Å². The summed E-state index contributed by atoms with van der Waals surface area (Å²) >= 11 is 0. The quantitative estimate of drug-likeness (QED) is 0.664. The van der Waals surface area contributed by atoms with Crippen LogP contribution < -0.4 is 15.4 Å². The summed E-state index contributed by atoms with van der Waals surface area (Å²) in [5.41, 5.74) is 3.14. The molecule has 0 bridgehead atoms. The zero-order chi connectivity index (χ0) is 20.1. The Hall–Kier alpha value is -3.68. The summed E-state index contributed by atoms with van der Waals surface area (Å²) in [4.78, 5) is 28.5. The third-order valence-electron chi connectivity index (χ3n) is 4.34. The fourth-order valence-corrected chi connectivity index (χ4v) is 2.51. The van der Waals surface area contributed by atoms with Gasteiger partial charge in [-0.25, -0.2) is 4.98 Å². The molecule has 1 aromatic carbocycles. The molecule has 0 aliphatic carbocycles. The van der Waals surface area contributed by atoms with E-state index < -0.39 is 11.8 Å². The predicted octanol–water partition coefficient (Wildman–Crippen LogP) is 2.48. The Labute approximate surface area is 162 Å². The molecule has 2 amide bonds. The third kappa shape index (κ3) is 4.35. The monoisotopic (exact) mass is 379 g/mol. The standard InChI is InChI=1S/C20H21N5O3/c1-13-6-4-8-17(14(13)2)28-20-16(7-5-10-21-20)24-19(27)18(26)22-12-15-9-11-23-25(15)3/h4-11H,12H2,1-3H3,(H,22,26)(H,24,27). The summed E-state index contributed by atoms with van der Waals surface area (Å²) in [6.45, 7) is 4.12. The average Bonchev–Trinajstić information content (AvgIpc) is 3.09. The minimum atomic E-state index is -0.805. The van der Waals surface area contributed by atoms with Crippen LogP contribution in [0.4, 0.5) is 5.69 Å². The number of hydrogen-bond donors (Lipinski definition) is 2. The molecule has 3 aromatic rings. The van der Waals surface area contributed by atoms with Gasteiger partial charge in [0, 0.05) is 19.4 Å². The summed E-state index contributed by atoms with van der Waals surface area (Å²) in [6.07, 6.45) is 3.17. The van der Waals surface area contributed by atoms with Crippen LogP contribution in [0.15, 0.2) is 48.8 Å². The molecule has 0 unspecified atom stereocenters. The second-order valence-corrected chi connectivity index (χ2v) is 6.24. The van der Waals surface area contributed by atoms with Crippen molar-refractivity contribution in [2.24, 2.45) is 7.05 Å². The first-order valence-electron chi connectivity index (χ1n) is 8.71. The zero-order valence-electron chi connectivity index (χ0n) is 15.9. The Balaban J connectivity index is 1.68. The molecule has 2 aromatic heterocycles. The van der Waals surface area contributed by atoms with Crippen molar-refractivity contribution < 1.29 is 14.3 Å². The number of anilines is 1. The Bertz CT molecular complexity index is 1010. The zero-order valence-corrected chi connectivity index (χ0v) is 15.9. The van der Waals surface area contributed by atoms with Gasteiger partial charge < -0.3 is 15.4 Å². The molecule has 3 rings (SSSR count). The van der Waals surface area contributed by atoms with Crippen LogP contribution in [0.1, 0.15) is 16.8 Å². The average molecular weight is 379 g/mol. The Morgan fingerprint density at radius 3 is 2.64 bits per heavy atom. The summed E-state index contributed by atoms with van der Waals surface area (Å²) in [7, 11) is 1.76. The molecule has 0 atom stereocenters. The number of carbonyl (C=O) groups is 2. The molecule has 0 aliphatic rings. The first-order valence-corrected chi connectivity index (χ1v) is 8.71. The van der Waals surface area contributed by atoms with Gasteiger partial charge in [-0.15, -0.1) is 0 Å². The second-order valence-electron chi connectivity index (χ2n) is 6.24. The number of carbonyl (C=O) groups excluding carboxylic acids is 2. The number of ether oxygens (including phenoxy) is 1. The first-order chi connectivity index (χ1) is 13.5. The van der Waals surface area contributed by atoms with Crippen LogP contribution in [-0.2, 0) is 23.2 Å². The third-order valence-corrected chi connectivity index (χ3v) is 4.34. The molecule has 2 heterocycles. The van der Waals surface area contributed by atoms with E-state index in [0.717, 1.165) is 16.8 Å². The van der Waals surface area contributed by atoms with Crippen molar-refractivity contribution in [3.63, 3.8) is 0 Å². The lowest BCUT2D eigenvalue weighted by molar-refractivity contribution is -0.136. The SMILES string of the molecule is Cc1cccc(Oc2ncccc2NC(=O)C(=O)NCc2ccnn2C)c1C. The highest BCUT2D eigenvalue weighted by Crippen LogP contribution is 2.30. The van der Waals surface area contributed by atoms with Crippen molar-refractivity contribution in [2.45, 2.75) is 20.4 Å². The number of aromatic nitrogens is 3. The number of aryl methyl sites for hydroxylation is 2. The Kier molecular flexibility index (Phi) is 5.69. The number of rotatable bonds is 5. The lowest BCUT2D eigenvalue weighted by atomic mass is 10.1. The molecular formula is C20H21N5O3. The van der Waals surface area contributed by atoms with Crippen molar-refractivity contribution in [3.05, 3.63) is 65.6 Å². The minimum absolute atomic E-state index is 0.196. The maximum atomic E-state index is 12.3. The second kappa shape index (κ2) is 8.34. The smallest absolute Gasteiger partial charge is 0.313 e. The molecule has 0 radical (unpaired) electrons. The number of amides is 2. The molecule has 0 saturated heterocycles. The van der Waals surface area contributed by atoms with E-state index in [2.05, 4.69) is 20.7 Å². The number of hydrogen-bond acceptors (Lipinski definition) is 5. The van der Waals surface area contributed by atoms with E-state index in [0.29, 0.717) is 11.4 Å². The minimum Gasteiger partial charge on any atom is -0.437 e. The summed E-state index contributed by atoms with van der Waals surface area (Å²) in [5.74, 6) is -0.720. The van der Waals surface area contributed by atoms with E-state index in [1.165, 1.54) is 0 Å². The van der Waals surface area contributed by atoms with E-state index in [9.17, 15) is 9.59 Å². The van der Waals surface area contributed by atoms with Crippen LogP contribution in [0.25, 0.3) is 0 Å². The molecule has 2 N–H and O–H groups in total. The highest BCUT2D eigenvalue weighted by atomic mass is 16.5. The molecule has 28 heavy (non-hydrogen) atoms. The largest absolute Gasteiger partial charge is 0.437 e. The van der Waals surface area contributed by atoms with Crippen molar-refractivity contribution in [2.75, 3.05) is 5.32 Å². The number of nitrogens with one attached hydrogen (secondary N) is 2. The number of nitrogens with zero attached hydrogens (tertiary/aromatic N) is 3. The highest BCUT2D eigenvalue weighted by Gasteiger charge is 2.17. The van der Waals surface area contributed by atoms with Crippen molar-refractivity contribution in [1.82, 2.24) is 20.1 Å². The van der Waals surface area contributed by atoms with E-state index in [4.69, 9.17) is 4.74 Å². The van der Waals surface area contributed by atoms with Crippen LogP contribution in [0.3, 0.4) is 0 Å². The van der Waals surface area contributed by atoms with Gasteiger partial charge in [-0.05, 0) is 49.2 Å². The van der Waals surface area contributed by atoms with Crippen molar-refractivity contribution >= 4 is 17.5 Å². The Morgan fingerprint density at radius 1 is 1.07 bits per heavy atom. The van der Waals surface area contributed by atoms with Gasteiger partial charge in [0.15, 0.2) is 0 Å². The molecule has 0 spiro atoms. The molecule has 8 heteroatoms. The van der Waals surface area contributed by atoms with Crippen molar-refractivity contribution in [1.29, 1.82) is 0 Å². The van der Waals surface area contributed by atoms with Gasteiger partial charge in [0.05, 0.1) is 12.2 Å². The number of pyridine rings is 1. The van der Waals surface area contributed by atoms with E-state index >= 15 is 0 Å². The van der Waals surface area contributed by atoms with Crippen molar-refractivity contribution in [3.8, 4) is 11.6 Å². The van der Waals surface area contributed by atoms with Crippen LogP contribution in [0.5, 0.6) is 11.6 Å². The van der Waals surface area contributed by atoms with Gasteiger partial charge in [0.2, 0.25) is 5.88 Å². The predicted molar refractivity (Wildman–Crippen MR) is 104 cm³/mol. The molecular weight excluding hydrogens is 358 g/mol. The van der Waals surface area contributed by atoms with Gasteiger partial charge in [0.1, 0.15) is 11.4 Å². The highest BCUT2D eigenvalue weighted by molar-refractivity contribution is 6.39. The molecule has 0 saturated carbocycles. The van der Waals surface area contributed by atoms with Crippen LogP contribution in [0, 0.1) is 13.8 Å². The van der Waals surface area contributed by atoms with Gasteiger partial charge in [-0.1, -0.05) is 12.1 Å². The van der Waals surface area contributed by atoms with E-state index in [1.807, 2.05) is 32.0 Å². The normalized spacial score (nSPS) is 10.4. The van der Waals surface area contributed by atoms with Gasteiger partial charge in [-0.2, -0.15) is 5.10 Å². The molecule has 8 nitrogen and oxygen atoms in total. The lowest BCUT2D eigenvalue weighted by Gasteiger charge is -2.13. The molecule has 0 aliphatic heterocycles. The Morgan fingerprint density at radius 2 is 1.89 bits per heavy atom. The van der Waals surface area contributed by atoms with Crippen LogP contribution in [-0.4, -0.2) is 26.6 Å². The van der Waals surface area contributed by atoms with Crippen LogP contribution in [0.2, 0.25) is 0 Å². The fourth-order valence-electron chi connectivity index (χ4n) is 2.51. The van der Waals surface area contributed by atoms with Crippen LogP contribution >= 0.6 is 0 Å². The van der Waals surface area contributed by atoms with Gasteiger partial charge in [0.25, 0.3) is 0 Å². The van der Waals surface area contributed by atoms with E-state index in [-0.39, 0.29) is 12.4 Å². The summed E-state index contributed by atoms with van der Waals surface area (Å²) in [6, 6.07) is 10.7.